The van der Waals surface area contributed by atoms with E-state index in [1.54, 1.807) is 0 Å². The first-order valence-corrected chi connectivity index (χ1v) is 38.5. The highest BCUT2D eigenvalue weighted by Gasteiger charge is 2.82. The van der Waals surface area contributed by atoms with Gasteiger partial charge in [-0.15, -0.1) is 0 Å². The molecule has 12 aromatic rings. The molecule has 0 spiro atoms. The monoisotopic (exact) mass is 1370 g/mol. The largest absolute Gasteiger partial charge is 0.0622 e. The topological polar surface area (TPSA) is 0 Å². The van der Waals surface area contributed by atoms with Crippen molar-refractivity contribution in [2.24, 2.45) is 40.4 Å². The van der Waals surface area contributed by atoms with E-state index in [1.165, 1.54) is 60.8 Å². The number of rotatable bonds is 5. The van der Waals surface area contributed by atoms with E-state index in [0.717, 1.165) is 115 Å². The standard InChI is InChI=1S/C108H78/c1-9-29-79(30-10-1)53-61-91-45-25-49-100(96(91)65-57-83-37-17-5-18-38-83)104-95-72-90-76-106(78-95,105-73-87-69-88(74-105)71-89(70-87)75-105)108(102-51-27-47-93(63-55-81-33-13-3-14-34-81)98(102)67-59-85-41-21-7-22-42-85,103-52-28-48-94(64-56-82-35-15-4-16-36-82)99(103)68-60-86-43-23-8-24-44-86)107(104,77-90)101-50-26-46-92(62-54-80-31-11-2-12-32-80)97(101)66-58-84-39-19-6-20-40-84/h1-52,87-90,95,104H,69-78H2. The van der Waals surface area contributed by atoms with E-state index in [1.807, 2.05) is 0 Å². The van der Waals surface area contributed by atoms with Crippen LogP contribution in [0.1, 0.15) is 181 Å². The Kier molecular flexibility index (Phi) is 18.1. The van der Waals surface area contributed by atoms with Gasteiger partial charge in [0.15, 0.2) is 0 Å². The SMILES string of the molecule is C(#Cc1cccc(C2C3CC4CC2(c2cccc(C#Cc5ccccc5)c2C#Cc2ccccc2)C(c2cccc(C#Cc5ccccc5)c2C#Cc2ccccc2)(c2cccc(C#Cc5ccccc5)c2C#Cc2ccccc2)C(C25CC6CC(CC(C6)C2)C5)(C4)C3)c1C#Cc1ccccc1)c1ccccc1. The van der Waals surface area contributed by atoms with Crippen molar-refractivity contribution < 1.29 is 0 Å². The van der Waals surface area contributed by atoms with Crippen LogP contribution in [0.2, 0.25) is 0 Å². The molecule has 0 aliphatic heterocycles. The quantitative estimate of drug-likeness (QED) is 0.151. The Balaban J connectivity index is 1.09. The maximum atomic E-state index is 4.19. The van der Waals surface area contributed by atoms with Crippen molar-refractivity contribution >= 4 is 0 Å². The minimum Gasteiger partial charge on any atom is -0.0622 e. The molecule has 0 nitrogen and oxygen atoms in total. The van der Waals surface area contributed by atoms with Crippen LogP contribution in [0.3, 0.4) is 0 Å². The third-order valence-corrected chi connectivity index (χ3v) is 24.7. The molecule has 20 rings (SSSR count). The van der Waals surface area contributed by atoms with Crippen LogP contribution < -0.4 is 0 Å². The molecule has 108 heavy (non-hydrogen) atoms. The molecule has 0 amide bonds. The van der Waals surface area contributed by atoms with Gasteiger partial charge in [0.1, 0.15) is 0 Å². The van der Waals surface area contributed by atoms with E-state index < -0.39 is 16.2 Å². The van der Waals surface area contributed by atoms with Crippen LogP contribution in [0.25, 0.3) is 0 Å². The number of hydrogen-bond acceptors (Lipinski definition) is 0. The maximum absolute atomic E-state index is 4.19. The highest BCUT2D eigenvalue weighted by Crippen LogP contribution is 2.87. The Bertz CT molecular complexity index is 5750. The van der Waals surface area contributed by atoms with Gasteiger partial charge in [-0.25, -0.2) is 0 Å². The molecule has 8 saturated carbocycles. The van der Waals surface area contributed by atoms with Crippen LogP contribution in [0.5, 0.6) is 0 Å². The first kappa shape index (κ1) is 67.0. The molecule has 8 aliphatic rings. The van der Waals surface area contributed by atoms with Gasteiger partial charge in [0, 0.05) is 99.8 Å². The normalized spacial score (nSPS) is 22.2. The summed E-state index contributed by atoms with van der Waals surface area (Å²) in [5.74, 6) is 64.7. The second-order valence-electron chi connectivity index (χ2n) is 30.8. The summed E-state index contributed by atoms with van der Waals surface area (Å²) in [7, 11) is 0. The van der Waals surface area contributed by atoms with Crippen LogP contribution in [0, 0.1) is 135 Å². The van der Waals surface area contributed by atoms with E-state index >= 15 is 0 Å². The van der Waals surface area contributed by atoms with E-state index in [9.17, 15) is 0 Å². The molecule has 12 aromatic carbocycles. The van der Waals surface area contributed by atoms with Crippen molar-refractivity contribution in [3.8, 4) is 94.7 Å². The second kappa shape index (κ2) is 29.2. The summed E-state index contributed by atoms with van der Waals surface area (Å²) in [4.78, 5) is 0. The summed E-state index contributed by atoms with van der Waals surface area (Å²) < 4.78 is 0. The number of hydrogen-bond donors (Lipinski definition) is 0. The van der Waals surface area contributed by atoms with Gasteiger partial charge in [-0.3, -0.25) is 0 Å². The lowest BCUT2D eigenvalue weighted by atomic mass is 9.21. The van der Waals surface area contributed by atoms with Crippen LogP contribution in [0.4, 0.5) is 0 Å². The van der Waals surface area contributed by atoms with Gasteiger partial charge in [-0.2, -0.15) is 0 Å². The maximum Gasteiger partial charge on any atom is 0.0447 e. The average Bonchev–Trinajstić information content (AvgIpc) is 0.625. The van der Waals surface area contributed by atoms with Crippen molar-refractivity contribution in [2.75, 3.05) is 0 Å². The lowest BCUT2D eigenvalue weighted by Crippen LogP contribution is -2.78. The van der Waals surface area contributed by atoms with Gasteiger partial charge < -0.3 is 0 Å². The molecule has 5 unspecified atom stereocenters. The molecule has 0 aromatic heterocycles. The van der Waals surface area contributed by atoms with Gasteiger partial charge >= 0.3 is 0 Å². The second-order valence-corrected chi connectivity index (χ2v) is 30.8. The fraction of sp³-hybridized carbons (Fsp3) is 0.185. The summed E-state index contributed by atoms with van der Waals surface area (Å²) in [6, 6.07) is 112. The van der Waals surface area contributed by atoms with E-state index in [-0.39, 0.29) is 17.3 Å². The predicted molar refractivity (Wildman–Crippen MR) is 439 cm³/mol. The third kappa shape index (κ3) is 12.4. The summed E-state index contributed by atoms with van der Waals surface area (Å²) in [5, 5.41) is 0. The fourth-order valence-corrected chi connectivity index (χ4v) is 21.5. The van der Waals surface area contributed by atoms with Crippen molar-refractivity contribution in [3.05, 3.63) is 427 Å². The van der Waals surface area contributed by atoms with Gasteiger partial charge in [0.2, 0.25) is 0 Å². The van der Waals surface area contributed by atoms with E-state index in [4.69, 9.17) is 0 Å². The minimum absolute atomic E-state index is 0.138. The number of benzene rings is 12. The Morgan fingerprint density at radius 1 is 0.213 bits per heavy atom. The first-order valence-electron chi connectivity index (χ1n) is 38.5. The van der Waals surface area contributed by atoms with Crippen molar-refractivity contribution in [1.82, 2.24) is 0 Å². The predicted octanol–water partition coefficient (Wildman–Crippen LogP) is 21.9. The molecular weight excluding hydrogens is 1300 g/mol. The third-order valence-electron chi connectivity index (χ3n) is 24.7. The van der Waals surface area contributed by atoms with Crippen LogP contribution in [0.15, 0.2) is 315 Å². The molecule has 0 radical (unpaired) electrons. The van der Waals surface area contributed by atoms with Crippen LogP contribution >= 0.6 is 0 Å². The Morgan fingerprint density at radius 3 is 0.843 bits per heavy atom. The molecule has 5 atom stereocenters. The van der Waals surface area contributed by atoms with Gasteiger partial charge in [-0.05, 0) is 254 Å². The highest BCUT2D eigenvalue weighted by molar-refractivity contribution is 5.75. The molecule has 8 aliphatic carbocycles. The van der Waals surface area contributed by atoms with Gasteiger partial charge in [0.05, 0.1) is 0 Å². The highest BCUT2D eigenvalue weighted by atomic mass is 14.8. The molecule has 8 fully saturated rings. The zero-order chi connectivity index (χ0) is 72.2. The molecule has 8 bridgehead atoms. The molecule has 0 saturated heterocycles. The van der Waals surface area contributed by atoms with Crippen LogP contribution in [-0.2, 0) is 10.8 Å². The summed E-state index contributed by atoms with van der Waals surface area (Å²) in [6.07, 6.45) is 11.2. The summed E-state index contributed by atoms with van der Waals surface area (Å²) >= 11 is 0. The van der Waals surface area contributed by atoms with Crippen molar-refractivity contribution in [3.63, 3.8) is 0 Å². The molecule has 0 N–H and O–H groups in total. The Morgan fingerprint density at radius 2 is 0.500 bits per heavy atom. The van der Waals surface area contributed by atoms with Crippen molar-refractivity contribution in [2.45, 2.75) is 81.0 Å². The molecule has 510 valence electrons. The smallest absolute Gasteiger partial charge is 0.0447 e. The zero-order valence-corrected chi connectivity index (χ0v) is 60.6. The zero-order valence-electron chi connectivity index (χ0n) is 60.6. The Labute approximate surface area is 638 Å². The lowest BCUT2D eigenvalue weighted by molar-refractivity contribution is -0.250. The van der Waals surface area contributed by atoms with Gasteiger partial charge in [0.25, 0.3) is 0 Å². The van der Waals surface area contributed by atoms with Crippen molar-refractivity contribution in [1.29, 1.82) is 0 Å². The Hall–Kier alpha value is -12.9. The molecule has 0 heterocycles. The summed E-state index contributed by atoms with van der Waals surface area (Å²) in [6.45, 7) is 0. The van der Waals surface area contributed by atoms with E-state index in [0.29, 0.717) is 23.7 Å². The fourth-order valence-electron chi connectivity index (χ4n) is 21.5. The molecule has 0 heteroatoms. The minimum atomic E-state index is -1.05. The van der Waals surface area contributed by atoms with E-state index in [2.05, 4.69) is 410 Å². The van der Waals surface area contributed by atoms with Gasteiger partial charge in [-0.1, -0.05) is 289 Å². The first-order chi connectivity index (χ1) is 53.4. The molecular formula is C108H78. The lowest BCUT2D eigenvalue weighted by Gasteiger charge is -2.82. The summed E-state index contributed by atoms with van der Waals surface area (Å²) in [5.41, 5.74) is 17.0. The average molecular weight is 1380 g/mol. The van der Waals surface area contributed by atoms with Crippen LogP contribution in [-0.4, -0.2) is 0 Å².